The van der Waals surface area contributed by atoms with Gasteiger partial charge in [-0.3, -0.25) is 4.98 Å². The molecule has 0 spiro atoms. The fourth-order valence-corrected chi connectivity index (χ4v) is 2.27. The van der Waals surface area contributed by atoms with E-state index in [0.717, 1.165) is 24.6 Å². The molecule has 1 saturated heterocycles. The van der Waals surface area contributed by atoms with Gasteiger partial charge in [0.2, 0.25) is 0 Å². The molecule has 2 heterocycles. The minimum absolute atomic E-state index is 0.458. The fraction of sp³-hybridized carbons (Fsp3) is 0.692. The Bertz CT molecular complexity index is 358. The zero-order valence-electron chi connectivity index (χ0n) is 10.8. The highest BCUT2D eigenvalue weighted by Gasteiger charge is 2.23. The lowest BCUT2D eigenvalue weighted by atomic mass is 9.85. The second kappa shape index (κ2) is 5.00. The van der Waals surface area contributed by atoms with Gasteiger partial charge in [-0.1, -0.05) is 13.8 Å². The molecule has 4 nitrogen and oxygen atoms in total. The van der Waals surface area contributed by atoms with Crippen LogP contribution in [0.2, 0.25) is 0 Å². The van der Waals surface area contributed by atoms with Crippen molar-refractivity contribution in [2.24, 2.45) is 11.1 Å². The van der Waals surface area contributed by atoms with Crippen LogP contribution in [-0.2, 0) is 6.54 Å². The van der Waals surface area contributed by atoms with Crippen molar-refractivity contribution in [3.05, 3.63) is 18.1 Å². The number of anilines is 1. The first-order valence-electron chi connectivity index (χ1n) is 6.37. The van der Waals surface area contributed by atoms with Gasteiger partial charge in [0.05, 0.1) is 18.1 Å². The molecule has 4 heteroatoms. The van der Waals surface area contributed by atoms with Crippen LogP contribution < -0.4 is 10.6 Å². The van der Waals surface area contributed by atoms with Gasteiger partial charge in [-0.25, -0.2) is 4.98 Å². The normalized spacial score (nSPS) is 20.1. The lowest BCUT2D eigenvalue weighted by molar-refractivity contribution is 0.325. The molecular formula is C13H22N4. The first kappa shape index (κ1) is 12.3. The Morgan fingerprint density at radius 2 is 2.06 bits per heavy atom. The van der Waals surface area contributed by atoms with E-state index in [1.165, 1.54) is 19.3 Å². The van der Waals surface area contributed by atoms with Gasteiger partial charge in [-0.15, -0.1) is 0 Å². The molecule has 1 fully saturated rings. The van der Waals surface area contributed by atoms with Crippen LogP contribution in [0.5, 0.6) is 0 Å². The maximum Gasteiger partial charge on any atom is 0.147 e. The maximum atomic E-state index is 5.52. The van der Waals surface area contributed by atoms with E-state index >= 15 is 0 Å². The van der Waals surface area contributed by atoms with Crippen LogP contribution in [-0.4, -0.2) is 23.1 Å². The lowest BCUT2D eigenvalue weighted by Gasteiger charge is -2.23. The van der Waals surface area contributed by atoms with Gasteiger partial charge in [0.15, 0.2) is 0 Å². The fourth-order valence-electron chi connectivity index (χ4n) is 2.27. The van der Waals surface area contributed by atoms with Crippen LogP contribution in [0.4, 0.5) is 5.82 Å². The monoisotopic (exact) mass is 234 g/mol. The number of hydrogen-bond acceptors (Lipinski definition) is 4. The summed E-state index contributed by atoms with van der Waals surface area (Å²) in [6.45, 7) is 7.31. The summed E-state index contributed by atoms with van der Waals surface area (Å²) in [4.78, 5) is 11.1. The van der Waals surface area contributed by atoms with Gasteiger partial charge in [-0.2, -0.15) is 0 Å². The van der Waals surface area contributed by atoms with Crippen molar-refractivity contribution in [2.75, 3.05) is 18.0 Å². The quantitative estimate of drug-likeness (QED) is 0.849. The first-order valence-corrected chi connectivity index (χ1v) is 6.37. The summed E-state index contributed by atoms with van der Waals surface area (Å²) < 4.78 is 0. The molecule has 1 aliphatic heterocycles. The summed E-state index contributed by atoms with van der Waals surface area (Å²) in [5.41, 5.74) is 6.83. The highest BCUT2D eigenvalue weighted by molar-refractivity contribution is 5.35. The maximum absolute atomic E-state index is 5.52. The number of rotatable bonds is 2. The largest absolute Gasteiger partial charge is 0.355 e. The Balaban J connectivity index is 2.06. The Kier molecular flexibility index (Phi) is 3.62. The Labute approximate surface area is 103 Å². The van der Waals surface area contributed by atoms with Gasteiger partial charge in [-0.05, 0) is 24.7 Å². The second-order valence-corrected chi connectivity index (χ2v) is 5.57. The van der Waals surface area contributed by atoms with E-state index in [9.17, 15) is 0 Å². The predicted molar refractivity (Wildman–Crippen MR) is 69.8 cm³/mol. The van der Waals surface area contributed by atoms with Crippen molar-refractivity contribution in [1.29, 1.82) is 0 Å². The number of nitrogens with two attached hydrogens (primary N) is 1. The van der Waals surface area contributed by atoms with E-state index in [1.54, 1.807) is 6.20 Å². The number of aromatic nitrogens is 2. The van der Waals surface area contributed by atoms with E-state index < -0.39 is 0 Å². The second-order valence-electron chi connectivity index (χ2n) is 5.57. The van der Waals surface area contributed by atoms with Crippen molar-refractivity contribution in [1.82, 2.24) is 9.97 Å². The molecular weight excluding hydrogens is 212 g/mol. The molecule has 2 N–H and O–H groups in total. The van der Waals surface area contributed by atoms with Crippen LogP contribution in [0.15, 0.2) is 12.4 Å². The molecule has 0 saturated carbocycles. The van der Waals surface area contributed by atoms with Gasteiger partial charge in [0.25, 0.3) is 0 Å². The average molecular weight is 234 g/mol. The van der Waals surface area contributed by atoms with E-state index in [4.69, 9.17) is 5.73 Å². The number of nitrogens with zero attached hydrogens (tertiary/aromatic N) is 3. The van der Waals surface area contributed by atoms with Crippen LogP contribution in [0.1, 0.15) is 38.8 Å². The third kappa shape index (κ3) is 3.16. The van der Waals surface area contributed by atoms with Crippen molar-refractivity contribution >= 4 is 5.82 Å². The molecule has 0 aliphatic carbocycles. The summed E-state index contributed by atoms with van der Waals surface area (Å²) in [5.74, 6) is 0.986. The molecule has 0 bridgehead atoms. The molecule has 0 radical (unpaired) electrons. The van der Waals surface area contributed by atoms with Gasteiger partial charge in [0, 0.05) is 19.6 Å². The molecule has 94 valence electrons. The zero-order chi connectivity index (χ0) is 12.3. The van der Waals surface area contributed by atoms with Gasteiger partial charge in [0.1, 0.15) is 5.82 Å². The zero-order valence-corrected chi connectivity index (χ0v) is 10.8. The van der Waals surface area contributed by atoms with E-state index in [-0.39, 0.29) is 0 Å². The minimum atomic E-state index is 0.458. The van der Waals surface area contributed by atoms with E-state index in [2.05, 4.69) is 28.7 Å². The Morgan fingerprint density at radius 1 is 1.24 bits per heavy atom. The topological polar surface area (TPSA) is 55.0 Å². The highest BCUT2D eigenvalue weighted by Crippen LogP contribution is 2.30. The number of hydrogen-bond donors (Lipinski definition) is 1. The molecule has 0 amide bonds. The summed E-state index contributed by atoms with van der Waals surface area (Å²) in [6.07, 6.45) is 7.37. The van der Waals surface area contributed by atoms with Crippen LogP contribution in [0.3, 0.4) is 0 Å². The summed E-state index contributed by atoms with van der Waals surface area (Å²) in [7, 11) is 0. The Hall–Kier alpha value is -1.16. The molecule has 2 rings (SSSR count). The Morgan fingerprint density at radius 3 is 2.71 bits per heavy atom. The standard InChI is InChI=1S/C13H22N4/c1-13(2)4-3-6-17(7-5-13)12-10-15-11(8-14)9-16-12/h9-10H,3-8,14H2,1-2H3. The third-order valence-electron chi connectivity index (χ3n) is 3.56. The summed E-state index contributed by atoms with van der Waals surface area (Å²) >= 11 is 0. The third-order valence-corrected chi connectivity index (χ3v) is 3.56. The molecule has 0 unspecified atom stereocenters. The van der Waals surface area contributed by atoms with Crippen LogP contribution in [0, 0.1) is 5.41 Å². The highest BCUT2D eigenvalue weighted by atomic mass is 15.2. The molecule has 17 heavy (non-hydrogen) atoms. The summed E-state index contributed by atoms with van der Waals surface area (Å²) in [5, 5.41) is 0. The van der Waals surface area contributed by atoms with E-state index in [1.807, 2.05) is 6.20 Å². The minimum Gasteiger partial charge on any atom is -0.355 e. The SMILES string of the molecule is CC1(C)CCCN(c2cnc(CN)cn2)CC1. The van der Waals surface area contributed by atoms with Crippen molar-refractivity contribution in [3.63, 3.8) is 0 Å². The first-order chi connectivity index (χ1) is 8.11. The molecule has 0 aromatic carbocycles. The molecule has 1 aromatic rings. The molecule has 1 aromatic heterocycles. The molecule has 1 aliphatic rings. The predicted octanol–water partition coefficient (Wildman–Crippen LogP) is 1.95. The average Bonchev–Trinajstić information content (AvgIpc) is 2.50. The van der Waals surface area contributed by atoms with E-state index in [0.29, 0.717) is 12.0 Å². The van der Waals surface area contributed by atoms with Crippen LogP contribution >= 0.6 is 0 Å². The van der Waals surface area contributed by atoms with Crippen LogP contribution in [0.25, 0.3) is 0 Å². The molecule has 0 atom stereocenters. The van der Waals surface area contributed by atoms with Crippen molar-refractivity contribution in [3.8, 4) is 0 Å². The van der Waals surface area contributed by atoms with Crippen molar-refractivity contribution < 1.29 is 0 Å². The van der Waals surface area contributed by atoms with Gasteiger partial charge >= 0.3 is 0 Å². The summed E-state index contributed by atoms with van der Waals surface area (Å²) in [6, 6.07) is 0. The lowest BCUT2D eigenvalue weighted by Crippen LogP contribution is -2.26. The van der Waals surface area contributed by atoms with Crippen molar-refractivity contribution in [2.45, 2.75) is 39.7 Å². The smallest absolute Gasteiger partial charge is 0.147 e. The van der Waals surface area contributed by atoms with Gasteiger partial charge < -0.3 is 10.6 Å².